The largest absolute Gasteiger partial charge is 0.456 e. The number of fused-ring (bicyclic) bond motifs is 6. The van der Waals surface area contributed by atoms with Crippen molar-refractivity contribution in [1.82, 2.24) is 4.57 Å². The molecule has 2 aromatic heterocycles. The highest BCUT2D eigenvalue weighted by atomic mass is 32.3. The summed E-state index contributed by atoms with van der Waals surface area (Å²) in [5, 5.41) is 3.51. The van der Waals surface area contributed by atoms with E-state index in [1.165, 1.54) is 58.4 Å². The Morgan fingerprint density at radius 3 is 1.94 bits per heavy atom. The minimum atomic E-state index is -2.04. The second kappa shape index (κ2) is 16.5. The van der Waals surface area contributed by atoms with Crippen molar-refractivity contribution < 1.29 is 4.42 Å². The summed E-state index contributed by atoms with van der Waals surface area (Å²) in [5.41, 5.74) is 13.7. The molecule has 0 bridgehead atoms. The van der Waals surface area contributed by atoms with Crippen LogP contribution in [-0.2, 0) is 6.42 Å². The molecule has 0 atom stereocenters. The highest BCUT2D eigenvalue weighted by molar-refractivity contribution is 8.34. The number of terminal acetylenes is 1. The minimum Gasteiger partial charge on any atom is -0.456 e. The first-order valence-electron chi connectivity index (χ1n) is 21.9. The summed E-state index contributed by atoms with van der Waals surface area (Å²) >= 11 is 0. The van der Waals surface area contributed by atoms with Crippen LogP contribution in [-0.4, -0.2) is 4.57 Å². The van der Waals surface area contributed by atoms with E-state index in [-0.39, 0.29) is 0 Å². The minimum absolute atomic E-state index is 0.899. The maximum Gasteiger partial charge on any atom is 0.136 e. The topological polar surface area (TPSA) is 18.1 Å². The van der Waals surface area contributed by atoms with Crippen LogP contribution in [0.3, 0.4) is 0 Å². The van der Waals surface area contributed by atoms with Crippen LogP contribution >= 0.6 is 10.0 Å². The summed E-state index contributed by atoms with van der Waals surface area (Å²) in [6.45, 7) is 2.23. The predicted molar refractivity (Wildman–Crippen MR) is 270 cm³/mol. The fourth-order valence-corrected chi connectivity index (χ4v) is 13.8. The van der Waals surface area contributed by atoms with E-state index in [1.807, 2.05) is 12.1 Å². The van der Waals surface area contributed by atoms with Gasteiger partial charge in [0.05, 0.1) is 11.2 Å². The smallest absolute Gasteiger partial charge is 0.136 e. The lowest BCUT2D eigenvalue weighted by molar-refractivity contribution is 0.669. The Morgan fingerprint density at radius 2 is 1.25 bits per heavy atom. The second-order valence-corrected chi connectivity index (χ2v) is 19.4. The molecule has 64 heavy (non-hydrogen) atoms. The van der Waals surface area contributed by atoms with Crippen molar-refractivity contribution in [3.05, 3.63) is 235 Å². The third-order valence-corrected chi connectivity index (χ3v) is 16.5. The lowest BCUT2D eigenvalue weighted by atomic mass is 9.95. The number of hydrogen-bond donors (Lipinski definition) is 0. The molecule has 3 heteroatoms. The second-order valence-electron chi connectivity index (χ2n) is 16.3. The summed E-state index contributed by atoms with van der Waals surface area (Å²) < 4.78 is 8.95. The Bertz CT molecular complexity index is 3390. The number of para-hydroxylation sites is 1. The Labute approximate surface area is 376 Å². The zero-order valence-electron chi connectivity index (χ0n) is 35.6. The van der Waals surface area contributed by atoms with E-state index in [4.69, 9.17) is 10.8 Å². The third kappa shape index (κ3) is 6.46. The molecule has 0 amide bonds. The van der Waals surface area contributed by atoms with Crippen molar-refractivity contribution in [3.63, 3.8) is 0 Å². The van der Waals surface area contributed by atoms with Gasteiger partial charge in [-0.05, 0) is 121 Å². The van der Waals surface area contributed by atoms with Crippen molar-refractivity contribution >= 4 is 54.5 Å². The van der Waals surface area contributed by atoms with E-state index < -0.39 is 10.0 Å². The number of allylic oxidation sites excluding steroid dienone is 5. The van der Waals surface area contributed by atoms with Gasteiger partial charge in [0.1, 0.15) is 11.2 Å². The third-order valence-electron chi connectivity index (χ3n) is 12.7. The van der Waals surface area contributed by atoms with Gasteiger partial charge in [-0.2, -0.15) is 0 Å². The Balaban J connectivity index is 1.26. The van der Waals surface area contributed by atoms with Gasteiger partial charge in [0.25, 0.3) is 0 Å². The number of rotatable bonds is 9. The molecule has 1 aliphatic rings. The van der Waals surface area contributed by atoms with Gasteiger partial charge >= 0.3 is 0 Å². The van der Waals surface area contributed by atoms with Crippen LogP contribution in [0.1, 0.15) is 30.2 Å². The molecule has 1 aliphatic carbocycles. The van der Waals surface area contributed by atoms with Crippen LogP contribution in [0.15, 0.2) is 242 Å². The molecule has 306 valence electrons. The summed E-state index contributed by atoms with van der Waals surface area (Å²) in [7, 11) is -2.04. The predicted octanol–water partition coefficient (Wildman–Crippen LogP) is 16.8. The van der Waals surface area contributed by atoms with E-state index >= 15 is 0 Å². The van der Waals surface area contributed by atoms with Crippen molar-refractivity contribution in [2.75, 3.05) is 0 Å². The monoisotopic (exact) mass is 839 g/mol. The molecular weight excluding hydrogens is 795 g/mol. The quantitative estimate of drug-likeness (QED) is 0.105. The molecule has 0 N–H and O–H groups in total. The lowest BCUT2D eigenvalue weighted by Gasteiger charge is -2.43. The zero-order valence-corrected chi connectivity index (χ0v) is 36.4. The molecule has 0 aliphatic heterocycles. The molecule has 2 nitrogen and oxygen atoms in total. The highest BCUT2D eigenvalue weighted by Gasteiger charge is 2.35. The van der Waals surface area contributed by atoms with E-state index in [9.17, 15) is 0 Å². The van der Waals surface area contributed by atoms with Crippen LogP contribution in [0.2, 0.25) is 0 Å². The number of hydrogen-bond acceptors (Lipinski definition) is 1. The standard InChI is InChI=1S/C61H45NOS/c1-3-4-9-23-43(2)53-41-49(64(46-26-12-6-13-27-46,47-28-14-7-15-29-47)48-30-16-8-17-31-48)42-54(44-24-10-5-11-25-44)61(53)62-56-35-20-18-32-51(56)55-40-45(38-39-57(55)62)50-34-22-37-59-60(50)52-33-19-21-36-58(52)63-59/h1,4-19,21-34,36-42H,20,35H2,2H3/b9-4-,43-23+. The van der Waals surface area contributed by atoms with Gasteiger partial charge in [-0.1, -0.05) is 152 Å². The van der Waals surface area contributed by atoms with Gasteiger partial charge in [0, 0.05) is 58.1 Å². The molecule has 0 saturated heterocycles. The Morgan fingerprint density at radius 1 is 0.609 bits per heavy atom. The normalized spacial score (nSPS) is 13.2. The maximum absolute atomic E-state index is 6.36. The fourth-order valence-electron chi connectivity index (χ4n) is 9.85. The number of aromatic nitrogens is 1. The number of benzene rings is 8. The van der Waals surface area contributed by atoms with Crippen LogP contribution in [0.25, 0.3) is 72.4 Å². The van der Waals surface area contributed by atoms with Gasteiger partial charge < -0.3 is 8.98 Å². The number of furan rings is 1. The van der Waals surface area contributed by atoms with Gasteiger partial charge in [-0.15, -0.1) is 16.5 Å². The average molecular weight is 840 g/mol. The molecule has 0 spiro atoms. The highest BCUT2D eigenvalue weighted by Crippen LogP contribution is 2.74. The van der Waals surface area contributed by atoms with Gasteiger partial charge in [0.2, 0.25) is 0 Å². The van der Waals surface area contributed by atoms with Crippen LogP contribution < -0.4 is 0 Å². The van der Waals surface area contributed by atoms with Gasteiger partial charge in [-0.25, -0.2) is 0 Å². The molecule has 0 saturated carbocycles. The molecule has 0 radical (unpaired) electrons. The summed E-state index contributed by atoms with van der Waals surface area (Å²) in [6.07, 6.45) is 18.3. The summed E-state index contributed by atoms with van der Waals surface area (Å²) in [6, 6.07) is 71.1. The van der Waals surface area contributed by atoms with Crippen molar-refractivity contribution in [3.8, 4) is 40.3 Å². The van der Waals surface area contributed by atoms with Crippen LogP contribution in [0, 0.1) is 12.3 Å². The van der Waals surface area contributed by atoms with E-state index in [0.29, 0.717) is 0 Å². The molecule has 2 heterocycles. The SMILES string of the molecule is C#C/C=C\C=C(/C)c1cc(S(c2ccccc2)(c2ccccc2)c2ccccc2)cc(-c2ccccc2)c1-n1c2c(c3cc(-c4cccc5oc6ccccc6c45)ccc31)C=CCC2. The lowest BCUT2D eigenvalue weighted by Crippen LogP contribution is -2.10. The number of nitrogens with zero attached hydrogens (tertiary/aromatic N) is 1. The molecule has 8 aromatic carbocycles. The maximum atomic E-state index is 6.36. The fraction of sp³-hybridized carbons (Fsp3) is 0.0492. The van der Waals surface area contributed by atoms with Gasteiger partial charge in [0.15, 0.2) is 0 Å². The Hall–Kier alpha value is -7.77. The van der Waals surface area contributed by atoms with Crippen LogP contribution in [0.5, 0.6) is 0 Å². The molecule has 11 rings (SSSR count). The molecule has 0 fully saturated rings. The molecule has 10 aromatic rings. The molecular formula is C61H45NOS. The van der Waals surface area contributed by atoms with E-state index in [2.05, 4.69) is 224 Å². The first-order chi connectivity index (χ1) is 31.6. The zero-order chi connectivity index (χ0) is 43.0. The van der Waals surface area contributed by atoms with Crippen molar-refractivity contribution in [2.45, 2.75) is 39.3 Å². The van der Waals surface area contributed by atoms with E-state index in [0.717, 1.165) is 57.2 Å². The van der Waals surface area contributed by atoms with Gasteiger partial charge in [-0.3, -0.25) is 0 Å². The first-order valence-corrected chi connectivity index (χ1v) is 23.6. The van der Waals surface area contributed by atoms with Crippen molar-refractivity contribution in [2.24, 2.45) is 0 Å². The Kier molecular flexibility index (Phi) is 10.1. The van der Waals surface area contributed by atoms with E-state index in [1.54, 1.807) is 6.08 Å². The molecule has 0 unspecified atom stereocenters. The summed E-state index contributed by atoms with van der Waals surface area (Å²) in [5.74, 6) is 2.72. The van der Waals surface area contributed by atoms with Crippen LogP contribution in [0.4, 0.5) is 0 Å². The summed E-state index contributed by atoms with van der Waals surface area (Å²) in [4.78, 5) is 5.10. The first kappa shape index (κ1) is 39.1. The van der Waals surface area contributed by atoms with Crippen molar-refractivity contribution in [1.29, 1.82) is 0 Å². The average Bonchev–Trinajstić information content (AvgIpc) is 3.91.